The van der Waals surface area contributed by atoms with E-state index in [-0.39, 0.29) is 0 Å². The fourth-order valence-electron chi connectivity index (χ4n) is 3.70. The molecule has 0 aromatic heterocycles. The molecule has 1 aliphatic rings. The van der Waals surface area contributed by atoms with Gasteiger partial charge in [0.2, 0.25) is 0 Å². The Kier molecular flexibility index (Phi) is 8.92. The second-order valence-corrected chi connectivity index (χ2v) is 7.81. The van der Waals surface area contributed by atoms with Crippen LogP contribution in [-0.4, -0.2) is 56.7 Å². The molecule has 5 heteroatoms. The van der Waals surface area contributed by atoms with Crippen molar-refractivity contribution in [1.82, 2.24) is 15.5 Å². The van der Waals surface area contributed by atoms with Gasteiger partial charge in [-0.15, -0.1) is 0 Å². The van der Waals surface area contributed by atoms with E-state index in [1.54, 1.807) is 7.11 Å². The van der Waals surface area contributed by atoms with E-state index in [4.69, 9.17) is 9.73 Å². The number of guanidine groups is 1. The third-order valence-electron chi connectivity index (χ3n) is 5.26. The Balaban J connectivity index is 1.87. The number of ether oxygens (including phenoxy) is 1. The van der Waals surface area contributed by atoms with Gasteiger partial charge in [-0.1, -0.05) is 17.7 Å². The largest absolute Gasteiger partial charge is 0.496 e. The lowest BCUT2D eigenvalue weighted by Crippen LogP contribution is -2.42. The van der Waals surface area contributed by atoms with Crippen molar-refractivity contribution in [1.29, 1.82) is 0 Å². The zero-order chi connectivity index (χ0) is 19.6. The van der Waals surface area contributed by atoms with Crippen molar-refractivity contribution in [3.05, 3.63) is 29.3 Å². The molecular weight excluding hydrogens is 336 g/mol. The molecule has 2 rings (SSSR count). The first kappa shape index (κ1) is 21.5. The molecule has 0 aliphatic carbocycles. The fraction of sp³-hybridized carbons (Fsp3) is 0.682. The van der Waals surface area contributed by atoms with Crippen molar-refractivity contribution < 1.29 is 4.74 Å². The monoisotopic (exact) mass is 374 g/mol. The first-order valence-electron chi connectivity index (χ1n) is 10.4. The number of likely N-dealkylation sites (tertiary alicyclic amines) is 1. The van der Waals surface area contributed by atoms with Crippen LogP contribution in [0.1, 0.15) is 44.7 Å². The van der Waals surface area contributed by atoms with Gasteiger partial charge in [-0.05, 0) is 71.0 Å². The maximum atomic E-state index is 5.48. The van der Waals surface area contributed by atoms with Crippen LogP contribution in [0.3, 0.4) is 0 Å². The topological polar surface area (TPSA) is 48.9 Å². The predicted octanol–water partition coefficient (Wildman–Crippen LogP) is 3.22. The maximum absolute atomic E-state index is 5.48. The smallest absolute Gasteiger partial charge is 0.191 e. The van der Waals surface area contributed by atoms with Crippen LogP contribution < -0.4 is 15.4 Å². The SMILES string of the molecule is CCNC(=NCC1CCCN(C(C)C)C1)NCCc1cc(C)ccc1OC. The highest BCUT2D eigenvalue weighted by Crippen LogP contribution is 2.20. The Labute approximate surface area is 165 Å². The quantitative estimate of drug-likeness (QED) is 0.542. The first-order chi connectivity index (χ1) is 13.0. The van der Waals surface area contributed by atoms with Gasteiger partial charge in [0, 0.05) is 32.2 Å². The average Bonchev–Trinajstić information content (AvgIpc) is 2.66. The summed E-state index contributed by atoms with van der Waals surface area (Å²) in [4.78, 5) is 7.44. The summed E-state index contributed by atoms with van der Waals surface area (Å²) in [5.74, 6) is 2.54. The highest BCUT2D eigenvalue weighted by atomic mass is 16.5. The number of aryl methyl sites for hydroxylation is 1. The van der Waals surface area contributed by atoms with Gasteiger partial charge in [-0.3, -0.25) is 4.99 Å². The van der Waals surface area contributed by atoms with Crippen LogP contribution in [0.4, 0.5) is 0 Å². The van der Waals surface area contributed by atoms with Crippen molar-refractivity contribution >= 4 is 5.96 Å². The lowest BCUT2D eigenvalue weighted by molar-refractivity contribution is 0.143. The molecule has 0 radical (unpaired) electrons. The zero-order valence-corrected chi connectivity index (χ0v) is 17.8. The fourth-order valence-corrected chi connectivity index (χ4v) is 3.70. The summed E-state index contributed by atoms with van der Waals surface area (Å²) < 4.78 is 5.48. The van der Waals surface area contributed by atoms with Crippen molar-refractivity contribution in [2.45, 2.75) is 53.0 Å². The molecule has 1 fully saturated rings. The number of nitrogens with one attached hydrogen (secondary N) is 2. The van der Waals surface area contributed by atoms with Crippen LogP contribution in [0.15, 0.2) is 23.2 Å². The van der Waals surface area contributed by atoms with Gasteiger partial charge in [0.25, 0.3) is 0 Å². The summed E-state index contributed by atoms with van der Waals surface area (Å²) in [6.45, 7) is 13.8. The molecule has 1 aromatic rings. The molecule has 0 spiro atoms. The molecule has 1 aromatic carbocycles. The molecule has 0 bridgehead atoms. The highest BCUT2D eigenvalue weighted by Gasteiger charge is 2.21. The van der Waals surface area contributed by atoms with Crippen LogP contribution >= 0.6 is 0 Å². The van der Waals surface area contributed by atoms with Crippen LogP contribution in [0.25, 0.3) is 0 Å². The standard InChI is InChI=1S/C22H38N4O/c1-6-23-22(25-15-19-8-7-13-26(16-19)17(2)3)24-12-11-20-14-18(4)9-10-21(20)27-5/h9-10,14,17,19H,6-8,11-13,15-16H2,1-5H3,(H2,23,24,25). The number of hydrogen-bond donors (Lipinski definition) is 2. The van der Waals surface area contributed by atoms with E-state index in [1.165, 1.54) is 37.1 Å². The van der Waals surface area contributed by atoms with Crippen LogP contribution in [0.2, 0.25) is 0 Å². The van der Waals surface area contributed by atoms with Gasteiger partial charge in [-0.25, -0.2) is 0 Å². The van der Waals surface area contributed by atoms with Crippen molar-refractivity contribution in [2.24, 2.45) is 10.9 Å². The number of rotatable bonds is 8. The Bertz CT molecular complexity index is 600. The second-order valence-electron chi connectivity index (χ2n) is 7.81. The van der Waals surface area contributed by atoms with E-state index in [0.29, 0.717) is 12.0 Å². The van der Waals surface area contributed by atoms with Gasteiger partial charge >= 0.3 is 0 Å². The van der Waals surface area contributed by atoms with Crippen molar-refractivity contribution in [3.8, 4) is 5.75 Å². The summed E-state index contributed by atoms with van der Waals surface area (Å²) >= 11 is 0. The minimum absolute atomic E-state index is 0.632. The van der Waals surface area contributed by atoms with E-state index in [1.807, 2.05) is 6.07 Å². The summed E-state index contributed by atoms with van der Waals surface area (Å²) in [5, 5.41) is 6.86. The third kappa shape index (κ3) is 7.06. The minimum Gasteiger partial charge on any atom is -0.496 e. The van der Waals surface area contributed by atoms with Crippen molar-refractivity contribution in [2.75, 3.05) is 39.8 Å². The van der Waals surface area contributed by atoms with Crippen molar-refractivity contribution in [3.63, 3.8) is 0 Å². The Morgan fingerprint density at radius 1 is 1.33 bits per heavy atom. The molecule has 0 saturated carbocycles. The number of hydrogen-bond acceptors (Lipinski definition) is 3. The number of piperidine rings is 1. The molecule has 1 unspecified atom stereocenters. The zero-order valence-electron chi connectivity index (χ0n) is 17.8. The van der Waals surface area contributed by atoms with Crippen LogP contribution in [0.5, 0.6) is 5.75 Å². The Hall–Kier alpha value is -1.75. The van der Waals surface area contributed by atoms with Gasteiger partial charge < -0.3 is 20.3 Å². The number of nitrogens with zero attached hydrogens (tertiary/aromatic N) is 2. The van der Waals surface area contributed by atoms with E-state index in [0.717, 1.165) is 37.8 Å². The molecule has 5 nitrogen and oxygen atoms in total. The summed E-state index contributed by atoms with van der Waals surface area (Å²) in [6.07, 6.45) is 3.49. The lowest BCUT2D eigenvalue weighted by Gasteiger charge is -2.34. The number of benzene rings is 1. The second kappa shape index (κ2) is 11.2. The van der Waals surface area contributed by atoms with E-state index in [9.17, 15) is 0 Å². The highest BCUT2D eigenvalue weighted by molar-refractivity contribution is 5.79. The molecular formula is C22H38N4O. The molecule has 0 amide bonds. The minimum atomic E-state index is 0.632. The van der Waals surface area contributed by atoms with Gasteiger partial charge in [-0.2, -0.15) is 0 Å². The Morgan fingerprint density at radius 2 is 2.15 bits per heavy atom. The summed E-state index contributed by atoms with van der Waals surface area (Å²) in [5.41, 5.74) is 2.50. The van der Waals surface area contributed by atoms with E-state index in [2.05, 4.69) is 55.4 Å². The maximum Gasteiger partial charge on any atom is 0.191 e. The normalized spacial score (nSPS) is 18.6. The molecule has 1 saturated heterocycles. The van der Waals surface area contributed by atoms with Gasteiger partial charge in [0.1, 0.15) is 5.75 Å². The first-order valence-corrected chi connectivity index (χ1v) is 10.4. The van der Waals surface area contributed by atoms with Crippen LogP contribution in [0, 0.1) is 12.8 Å². The third-order valence-corrected chi connectivity index (χ3v) is 5.26. The van der Waals surface area contributed by atoms with Gasteiger partial charge in [0.05, 0.1) is 7.11 Å². The molecule has 27 heavy (non-hydrogen) atoms. The molecule has 152 valence electrons. The molecule has 1 heterocycles. The van der Waals surface area contributed by atoms with E-state index >= 15 is 0 Å². The van der Waals surface area contributed by atoms with Crippen LogP contribution in [-0.2, 0) is 6.42 Å². The number of aliphatic imine (C=N–C) groups is 1. The molecule has 1 atom stereocenters. The predicted molar refractivity (Wildman–Crippen MR) is 115 cm³/mol. The summed E-state index contributed by atoms with van der Waals surface area (Å²) in [6, 6.07) is 6.97. The average molecular weight is 375 g/mol. The van der Waals surface area contributed by atoms with Gasteiger partial charge in [0.15, 0.2) is 5.96 Å². The lowest BCUT2D eigenvalue weighted by atomic mass is 9.97. The molecule has 2 N–H and O–H groups in total. The number of methoxy groups -OCH3 is 1. The Morgan fingerprint density at radius 3 is 2.85 bits per heavy atom. The van der Waals surface area contributed by atoms with E-state index < -0.39 is 0 Å². The molecule has 1 aliphatic heterocycles. The summed E-state index contributed by atoms with van der Waals surface area (Å²) in [7, 11) is 1.73.